The maximum Gasteiger partial charge on any atom is 0.270 e. The number of hydroxylamine groups is 1. The van der Waals surface area contributed by atoms with Gasteiger partial charge in [-0.1, -0.05) is 0 Å². The van der Waals surface area contributed by atoms with Gasteiger partial charge in [0.25, 0.3) is 15.9 Å². The smallest absolute Gasteiger partial charge is 0.270 e. The average molecular weight is 296 g/mol. The van der Waals surface area contributed by atoms with Crippen molar-refractivity contribution in [3.05, 3.63) is 42.5 Å². The van der Waals surface area contributed by atoms with Gasteiger partial charge in [-0.05, 0) is 17.7 Å². The van der Waals surface area contributed by atoms with E-state index in [1.54, 1.807) is 7.05 Å². The number of aromatic nitrogens is 3. The lowest BCUT2D eigenvalue weighted by Crippen LogP contribution is -2.14. The summed E-state index contributed by atoms with van der Waals surface area (Å²) in [5.41, 5.74) is 1.94. The van der Waals surface area contributed by atoms with E-state index in [-0.39, 0.29) is 4.90 Å². The van der Waals surface area contributed by atoms with Crippen LogP contribution in [0.2, 0.25) is 0 Å². The molecule has 0 aliphatic heterocycles. The van der Waals surface area contributed by atoms with Crippen LogP contribution in [0.4, 0.5) is 0 Å². The summed E-state index contributed by atoms with van der Waals surface area (Å²) in [7, 11) is -2.07. The molecule has 0 aliphatic carbocycles. The van der Waals surface area contributed by atoms with Gasteiger partial charge < -0.3 is 0 Å². The van der Waals surface area contributed by atoms with Gasteiger partial charge in [-0.3, -0.25) is 14.7 Å². The summed E-state index contributed by atoms with van der Waals surface area (Å²) < 4.78 is 26.9. The minimum absolute atomic E-state index is 0.0687. The van der Waals surface area contributed by atoms with E-state index < -0.39 is 15.9 Å². The number of amides is 1. The Kier molecular flexibility index (Phi) is 3.72. The maximum atomic E-state index is 12.2. The van der Waals surface area contributed by atoms with E-state index in [0.29, 0.717) is 5.56 Å². The average Bonchev–Trinajstić information content (AvgIpc) is 3.05. The molecule has 2 rings (SSSR count). The number of carbonyl (C=O) groups excluding carboxylic acids is 1. The number of rotatable bonds is 4. The normalized spacial score (nSPS) is 11.9. The molecule has 0 unspecified atom stereocenters. The van der Waals surface area contributed by atoms with Crippen LogP contribution in [0, 0.1) is 0 Å². The van der Waals surface area contributed by atoms with Crippen LogP contribution in [-0.4, -0.2) is 33.3 Å². The third-order valence-electron chi connectivity index (χ3n) is 2.48. The van der Waals surface area contributed by atoms with Crippen LogP contribution in [0.15, 0.2) is 41.8 Å². The number of hydrogen-bond acceptors (Lipinski definition) is 5. The largest absolute Gasteiger partial charge is 0.288 e. The summed E-state index contributed by atoms with van der Waals surface area (Å²) in [5.74, 6) is -0.701. The fourth-order valence-electron chi connectivity index (χ4n) is 1.50. The molecule has 2 aromatic heterocycles. The second kappa shape index (κ2) is 5.31. The number of hydrogen-bond donors (Lipinski definition) is 2. The van der Waals surface area contributed by atoms with E-state index in [1.165, 1.54) is 47.1 Å². The van der Waals surface area contributed by atoms with Gasteiger partial charge in [-0.15, -0.1) is 0 Å². The van der Waals surface area contributed by atoms with E-state index in [4.69, 9.17) is 5.21 Å². The summed E-state index contributed by atoms with van der Waals surface area (Å²) in [6, 6.07) is 1.52. The van der Waals surface area contributed by atoms with Crippen molar-refractivity contribution in [2.24, 2.45) is 7.05 Å². The van der Waals surface area contributed by atoms with Gasteiger partial charge in [0.1, 0.15) is 4.90 Å². The number of carbonyl (C=O) groups is 1. The van der Waals surface area contributed by atoms with Crippen LogP contribution in [0.25, 0.3) is 6.08 Å². The van der Waals surface area contributed by atoms with E-state index in [1.807, 2.05) is 0 Å². The Hall–Kier alpha value is -2.39. The molecule has 0 saturated heterocycles. The number of aryl methyl sites for hydroxylation is 1. The van der Waals surface area contributed by atoms with Crippen molar-refractivity contribution >= 4 is 22.0 Å². The lowest BCUT2D eigenvalue weighted by molar-refractivity contribution is -0.124. The van der Waals surface area contributed by atoms with Crippen LogP contribution >= 0.6 is 0 Å². The van der Waals surface area contributed by atoms with Gasteiger partial charge >= 0.3 is 0 Å². The van der Waals surface area contributed by atoms with E-state index in [2.05, 4.69) is 5.10 Å². The lowest BCUT2D eigenvalue weighted by Gasteiger charge is -2.01. The Morgan fingerprint density at radius 3 is 2.80 bits per heavy atom. The Balaban J connectivity index is 2.29. The summed E-state index contributed by atoms with van der Waals surface area (Å²) >= 11 is 0. The first-order valence-electron chi connectivity index (χ1n) is 5.48. The number of nitrogens with zero attached hydrogens (tertiary/aromatic N) is 3. The van der Waals surface area contributed by atoms with E-state index in [9.17, 15) is 13.2 Å². The van der Waals surface area contributed by atoms with Gasteiger partial charge in [-0.2, -0.15) is 5.10 Å². The molecule has 0 aliphatic rings. The molecule has 0 atom stereocenters. The first-order chi connectivity index (χ1) is 9.43. The first kappa shape index (κ1) is 14.0. The molecule has 2 N–H and O–H groups in total. The van der Waals surface area contributed by atoms with Crippen LogP contribution in [-0.2, 0) is 21.9 Å². The second-order valence-electron chi connectivity index (χ2n) is 3.94. The summed E-state index contributed by atoms with van der Waals surface area (Å²) in [5, 5.41) is 12.2. The highest BCUT2D eigenvalue weighted by Gasteiger charge is 2.18. The lowest BCUT2D eigenvalue weighted by atomic mass is 10.3. The molecule has 8 nitrogen and oxygen atoms in total. The van der Waals surface area contributed by atoms with Crippen molar-refractivity contribution in [1.29, 1.82) is 0 Å². The minimum Gasteiger partial charge on any atom is -0.288 e. The zero-order chi connectivity index (χ0) is 14.8. The predicted molar refractivity (Wildman–Crippen MR) is 69.2 cm³/mol. The van der Waals surface area contributed by atoms with Crippen LogP contribution < -0.4 is 5.48 Å². The van der Waals surface area contributed by atoms with E-state index in [0.717, 1.165) is 10.0 Å². The predicted octanol–water partition coefficient (Wildman–Crippen LogP) is -0.0228. The molecule has 2 heterocycles. The van der Waals surface area contributed by atoms with Gasteiger partial charge in [0.05, 0.1) is 6.20 Å². The molecule has 0 saturated carbocycles. The maximum absolute atomic E-state index is 12.2. The Morgan fingerprint density at radius 1 is 1.45 bits per heavy atom. The molecule has 2 aromatic rings. The molecule has 0 radical (unpaired) electrons. The fourth-order valence-corrected chi connectivity index (χ4v) is 2.69. The van der Waals surface area contributed by atoms with Crippen molar-refractivity contribution in [3.8, 4) is 0 Å². The summed E-state index contributed by atoms with van der Waals surface area (Å²) in [4.78, 5) is 10.9. The quantitative estimate of drug-likeness (QED) is 0.468. The topological polar surface area (TPSA) is 106 Å². The molecule has 20 heavy (non-hydrogen) atoms. The molecular formula is C11H12N4O4S. The second-order valence-corrected chi connectivity index (χ2v) is 5.78. The van der Waals surface area contributed by atoms with Gasteiger partial charge in [0.2, 0.25) is 0 Å². The van der Waals surface area contributed by atoms with Crippen LogP contribution in [0.1, 0.15) is 5.56 Å². The zero-order valence-electron chi connectivity index (χ0n) is 10.5. The third-order valence-corrected chi connectivity index (χ3v) is 4.07. The number of nitrogens with one attached hydrogen (secondary N) is 1. The molecule has 9 heteroatoms. The molecule has 0 aromatic carbocycles. The highest BCUT2D eigenvalue weighted by molar-refractivity contribution is 7.90. The monoisotopic (exact) mass is 296 g/mol. The Labute approximate surface area is 115 Å². The van der Waals surface area contributed by atoms with Gasteiger partial charge in [-0.25, -0.2) is 17.9 Å². The Bertz CT molecular complexity index is 757. The SMILES string of the molecule is Cn1cc(S(=O)(=O)n2ccc(C=CC(=O)NO)c2)cn1. The van der Waals surface area contributed by atoms with E-state index >= 15 is 0 Å². The van der Waals surface area contributed by atoms with Crippen LogP contribution in [0.5, 0.6) is 0 Å². The minimum atomic E-state index is -3.69. The molecule has 106 valence electrons. The highest BCUT2D eigenvalue weighted by atomic mass is 32.2. The van der Waals surface area contributed by atoms with Crippen LogP contribution in [0.3, 0.4) is 0 Å². The molecule has 0 fully saturated rings. The van der Waals surface area contributed by atoms with Crippen molar-refractivity contribution in [2.75, 3.05) is 0 Å². The third kappa shape index (κ3) is 2.78. The zero-order valence-corrected chi connectivity index (χ0v) is 11.3. The van der Waals surface area contributed by atoms with Crippen molar-refractivity contribution in [1.82, 2.24) is 19.2 Å². The van der Waals surface area contributed by atoms with Gasteiger partial charge in [0.15, 0.2) is 0 Å². The summed E-state index contributed by atoms with van der Waals surface area (Å²) in [6.45, 7) is 0. The molecule has 0 spiro atoms. The molecular weight excluding hydrogens is 284 g/mol. The Morgan fingerprint density at radius 2 is 2.20 bits per heavy atom. The summed E-state index contributed by atoms with van der Waals surface area (Å²) in [6.07, 6.45) is 7.81. The van der Waals surface area contributed by atoms with Crippen molar-refractivity contribution in [3.63, 3.8) is 0 Å². The standard InChI is InChI=1S/C11H12N4O4S/c1-14-8-10(6-12-14)20(18,19)15-5-4-9(7-15)2-3-11(16)13-17/h2-8,17H,1H3,(H,13,16). The fraction of sp³-hybridized carbons (Fsp3) is 0.0909. The molecule has 0 bridgehead atoms. The van der Waals surface area contributed by atoms with Crippen molar-refractivity contribution in [2.45, 2.75) is 4.90 Å². The molecule has 1 amide bonds. The van der Waals surface area contributed by atoms with Crippen molar-refractivity contribution < 1.29 is 18.4 Å². The first-order valence-corrected chi connectivity index (χ1v) is 6.92. The highest BCUT2D eigenvalue weighted by Crippen LogP contribution is 2.14. The van der Waals surface area contributed by atoms with Gasteiger partial charge in [0, 0.05) is 31.7 Å².